The highest BCUT2D eigenvalue weighted by molar-refractivity contribution is 5.81. The zero-order valence-electron chi connectivity index (χ0n) is 18.8. The van der Waals surface area contributed by atoms with Gasteiger partial charge in [-0.1, -0.05) is 27.2 Å². The molecule has 0 unspecified atom stereocenters. The molecule has 8 heteroatoms. The first-order chi connectivity index (χ1) is 14.5. The third-order valence-corrected chi connectivity index (χ3v) is 6.08. The Balaban J connectivity index is 1.54. The van der Waals surface area contributed by atoms with Crippen LogP contribution in [0.15, 0.2) is 4.79 Å². The molecule has 0 amide bonds. The standard InChI is InChI=1S/C22H38N6O2/c1-4-5-15-30-21-25-19(23)18-20(26-21)28(22(29)24-18)11-6-7-17-9-13-27(14-10-17)12-8-16(2)3/h16-17H,4-15H2,1-3H3,(H,24,29)(H2,23,25,26). The van der Waals surface area contributed by atoms with Crippen molar-refractivity contribution in [2.75, 3.05) is 32.0 Å². The van der Waals surface area contributed by atoms with E-state index in [0.717, 1.165) is 37.5 Å². The molecule has 0 radical (unpaired) electrons. The molecule has 0 atom stereocenters. The van der Waals surface area contributed by atoms with Gasteiger partial charge in [-0.05, 0) is 70.0 Å². The van der Waals surface area contributed by atoms with Gasteiger partial charge in [0.2, 0.25) is 0 Å². The predicted octanol–water partition coefficient (Wildman–Crippen LogP) is 3.42. The lowest BCUT2D eigenvalue weighted by Gasteiger charge is -2.32. The summed E-state index contributed by atoms with van der Waals surface area (Å²) in [7, 11) is 0. The monoisotopic (exact) mass is 418 g/mol. The lowest BCUT2D eigenvalue weighted by molar-refractivity contribution is 0.169. The summed E-state index contributed by atoms with van der Waals surface area (Å²) in [6.07, 6.45) is 7.85. The number of aryl methyl sites for hydroxylation is 1. The molecule has 2 aromatic rings. The highest BCUT2D eigenvalue weighted by Gasteiger charge is 2.20. The van der Waals surface area contributed by atoms with Crippen molar-refractivity contribution in [2.45, 2.75) is 72.3 Å². The number of fused-ring (bicyclic) bond motifs is 1. The van der Waals surface area contributed by atoms with Gasteiger partial charge in [-0.25, -0.2) is 4.79 Å². The summed E-state index contributed by atoms with van der Waals surface area (Å²) in [6, 6.07) is 0.245. The van der Waals surface area contributed by atoms with Crippen molar-refractivity contribution in [3.63, 3.8) is 0 Å². The normalized spacial score (nSPS) is 16.0. The van der Waals surface area contributed by atoms with E-state index in [9.17, 15) is 4.79 Å². The topological polar surface area (TPSA) is 102 Å². The molecule has 0 aliphatic carbocycles. The quantitative estimate of drug-likeness (QED) is 0.542. The van der Waals surface area contributed by atoms with Crippen molar-refractivity contribution in [2.24, 2.45) is 11.8 Å². The number of unbranched alkanes of at least 4 members (excludes halogenated alkanes) is 1. The lowest BCUT2D eigenvalue weighted by atomic mass is 9.92. The Morgan fingerprint density at radius 3 is 2.67 bits per heavy atom. The molecule has 1 saturated heterocycles. The second-order valence-corrected chi connectivity index (χ2v) is 8.98. The Bertz CT molecular complexity index is 851. The molecule has 168 valence electrons. The maximum absolute atomic E-state index is 12.5. The van der Waals surface area contributed by atoms with E-state index < -0.39 is 0 Å². The van der Waals surface area contributed by atoms with Crippen LogP contribution in [0.5, 0.6) is 6.01 Å². The van der Waals surface area contributed by atoms with Crippen LogP contribution in [0.2, 0.25) is 0 Å². The Labute approximate surface area is 179 Å². The maximum Gasteiger partial charge on any atom is 0.327 e. The fourth-order valence-electron chi connectivity index (χ4n) is 4.09. The van der Waals surface area contributed by atoms with Gasteiger partial charge in [-0.3, -0.25) is 4.57 Å². The van der Waals surface area contributed by atoms with Gasteiger partial charge < -0.3 is 20.4 Å². The van der Waals surface area contributed by atoms with Crippen molar-refractivity contribution in [3.05, 3.63) is 10.5 Å². The predicted molar refractivity (Wildman–Crippen MR) is 121 cm³/mol. The molecule has 1 aliphatic rings. The van der Waals surface area contributed by atoms with Crippen LogP contribution >= 0.6 is 0 Å². The fourth-order valence-corrected chi connectivity index (χ4v) is 4.09. The van der Waals surface area contributed by atoms with Crippen molar-refractivity contribution < 1.29 is 4.74 Å². The Hall–Kier alpha value is -2.09. The van der Waals surface area contributed by atoms with Crippen molar-refractivity contribution >= 4 is 17.0 Å². The molecule has 3 heterocycles. The maximum atomic E-state index is 12.5. The molecule has 3 rings (SSSR count). The molecule has 8 nitrogen and oxygen atoms in total. The summed E-state index contributed by atoms with van der Waals surface area (Å²) in [4.78, 5) is 26.5. The van der Waals surface area contributed by atoms with E-state index in [1.54, 1.807) is 4.57 Å². The van der Waals surface area contributed by atoms with Crippen LogP contribution in [-0.2, 0) is 6.54 Å². The van der Waals surface area contributed by atoms with Gasteiger partial charge in [0.05, 0.1) is 6.61 Å². The van der Waals surface area contributed by atoms with E-state index in [1.165, 1.54) is 38.9 Å². The summed E-state index contributed by atoms with van der Waals surface area (Å²) in [5, 5.41) is 0. The summed E-state index contributed by atoms with van der Waals surface area (Å²) < 4.78 is 7.29. The van der Waals surface area contributed by atoms with Crippen molar-refractivity contribution in [3.8, 4) is 6.01 Å². The highest BCUT2D eigenvalue weighted by Crippen LogP contribution is 2.23. The number of hydrogen-bond donors (Lipinski definition) is 2. The summed E-state index contributed by atoms with van der Waals surface area (Å²) in [5.74, 6) is 1.78. The molecular formula is C22H38N6O2. The van der Waals surface area contributed by atoms with E-state index in [1.807, 2.05) is 0 Å². The van der Waals surface area contributed by atoms with E-state index in [0.29, 0.717) is 24.3 Å². The van der Waals surface area contributed by atoms with Crippen LogP contribution in [0.3, 0.4) is 0 Å². The number of hydrogen-bond acceptors (Lipinski definition) is 6. The van der Waals surface area contributed by atoms with Gasteiger partial charge in [0.25, 0.3) is 0 Å². The van der Waals surface area contributed by atoms with Crippen LogP contribution in [0, 0.1) is 11.8 Å². The number of aromatic amines is 1. The molecule has 3 N–H and O–H groups in total. The molecule has 0 saturated carbocycles. The van der Waals surface area contributed by atoms with Gasteiger partial charge in [0.15, 0.2) is 11.5 Å². The van der Waals surface area contributed by atoms with Gasteiger partial charge in [0, 0.05) is 6.54 Å². The number of aromatic nitrogens is 4. The van der Waals surface area contributed by atoms with Gasteiger partial charge >= 0.3 is 11.7 Å². The van der Waals surface area contributed by atoms with Crippen LogP contribution in [-0.4, -0.2) is 50.7 Å². The van der Waals surface area contributed by atoms with Crippen molar-refractivity contribution in [1.29, 1.82) is 0 Å². The zero-order valence-corrected chi connectivity index (χ0v) is 18.8. The third-order valence-electron chi connectivity index (χ3n) is 6.08. The second-order valence-electron chi connectivity index (χ2n) is 8.98. The smallest absolute Gasteiger partial charge is 0.327 e. The number of anilines is 1. The molecule has 1 fully saturated rings. The number of piperidine rings is 1. The number of nitrogen functional groups attached to an aromatic ring is 1. The molecule has 0 bridgehead atoms. The first kappa shape index (κ1) is 22.6. The molecule has 1 aliphatic heterocycles. The average molecular weight is 419 g/mol. The van der Waals surface area contributed by atoms with Crippen LogP contribution in [0.4, 0.5) is 5.82 Å². The lowest BCUT2D eigenvalue weighted by Crippen LogP contribution is -2.35. The SMILES string of the molecule is CCCCOc1nc(N)c2[nH]c(=O)n(CCCC3CCN(CCC(C)C)CC3)c2n1. The van der Waals surface area contributed by atoms with Gasteiger partial charge in [0.1, 0.15) is 5.52 Å². The molecular weight excluding hydrogens is 380 g/mol. The fraction of sp³-hybridized carbons (Fsp3) is 0.773. The number of likely N-dealkylation sites (tertiary alicyclic amines) is 1. The number of H-pyrrole nitrogens is 1. The number of nitrogens with one attached hydrogen (secondary N) is 1. The molecule has 0 spiro atoms. The van der Waals surface area contributed by atoms with Crippen LogP contribution < -0.4 is 16.2 Å². The van der Waals surface area contributed by atoms with E-state index in [2.05, 4.69) is 40.6 Å². The minimum Gasteiger partial charge on any atom is -0.463 e. The Kier molecular flexibility index (Phi) is 8.13. The van der Waals surface area contributed by atoms with E-state index in [4.69, 9.17) is 10.5 Å². The first-order valence-corrected chi connectivity index (χ1v) is 11.6. The second kappa shape index (κ2) is 10.8. The average Bonchev–Trinajstić information content (AvgIpc) is 3.04. The number of nitrogens with two attached hydrogens (primary N) is 1. The number of rotatable bonds is 11. The number of nitrogens with zero attached hydrogens (tertiary/aromatic N) is 4. The molecule has 2 aromatic heterocycles. The van der Waals surface area contributed by atoms with E-state index >= 15 is 0 Å². The van der Waals surface area contributed by atoms with Gasteiger partial charge in [-0.15, -0.1) is 0 Å². The molecule has 30 heavy (non-hydrogen) atoms. The largest absolute Gasteiger partial charge is 0.463 e. The Morgan fingerprint density at radius 2 is 1.97 bits per heavy atom. The van der Waals surface area contributed by atoms with Crippen molar-refractivity contribution in [1.82, 2.24) is 24.4 Å². The summed E-state index contributed by atoms with van der Waals surface area (Å²) in [5.41, 5.74) is 6.89. The Morgan fingerprint density at radius 1 is 1.20 bits per heavy atom. The third kappa shape index (κ3) is 5.97. The van der Waals surface area contributed by atoms with Crippen LogP contribution in [0.1, 0.15) is 65.7 Å². The zero-order chi connectivity index (χ0) is 21.5. The van der Waals surface area contributed by atoms with Gasteiger partial charge in [-0.2, -0.15) is 9.97 Å². The highest BCUT2D eigenvalue weighted by atomic mass is 16.5. The minimum atomic E-state index is -0.180. The number of imidazole rings is 1. The summed E-state index contributed by atoms with van der Waals surface area (Å²) >= 11 is 0. The number of ether oxygens (including phenoxy) is 1. The molecule has 0 aromatic carbocycles. The summed E-state index contributed by atoms with van der Waals surface area (Å²) in [6.45, 7) is 11.5. The minimum absolute atomic E-state index is 0.180. The van der Waals surface area contributed by atoms with E-state index in [-0.39, 0.29) is 17.5 Å². The first-order valence-electron chi connectivity index (χ1n) is 11.6. The van der Waals surface area contributed by atoms with Crippen LogP contribution in [0.25, 0.3) is 11.2 Å².